The fourth-order valence-corrected chi connectivity index (χ4v) is 2.14. The molecule has 0 heterocycles. The summed E-state index contributed by atoms with van der Waals surface area (Å²) >= 11 is 0. The second-order valence-electron chi connectivity index (χ2n) is 6.07. The van der Waals surface area contributed by atoms with Crippen LogP contribution in [0.5, 0.6) is 0 Å². The minimum absolute atomic E-state index is 0.139. The zero-order valence-corrected chi connectivity index (χ0v) is 11.0. The Morgan fingerprint density at radius 3 is 2.65 bits per heavy atom. The first-order valence-electron chi connectivity index (χ1n) is 6.45. The van der Waals surface area contributed by atoms with Crippen LogP contribution in [0, 0.1) is 18.2 Å². The van der Waals surface area contributed by atoms with E-state index in [-0.39, 0.29) is 11.2 Å². The van der Waals surface area contributed by atoms with Crippen molar-refractivity contribution < 1.29 is 4.39 Å². The zero-order valence-electron chi connectivity index (χ0n) is 11.0. The van der Waals surface area contributed by atoms with Gasteiger partial charge in [0.1, 0.15) is 5.82 Å². The molecule has 17 heavy (non-hydrogen) atoms. The Kier molecular flexibility index (Phi) is 3.53. The molecule has 0 amide bonds. The van der Waals surface area contributed by atoms with Gasteiger partial charge in [-0.05, 0) is 54.9 Å². The average Bonchev–Trinajstić information content (AvgIpc) is 3.03. The largest absolute Gasteiger partial charge is 0.313 e. The topological polar surface area (TPSA) is 12.0 Å². The molecular weight excluding hydrogens is 213 g/mol. The van der Waals surface area contributed by atoms with E-state index >= 15 is 0 Å². The van der Waals surface area contributed by atoms with Crippen LogP contribution in [0.4, 0.5) is 4.39 Å². The van der Waals surface area contributed by atoms with E-state index in [1.165, 1.54) is 18.4 Å². The van der Waals surface area contributed by atoms with E-state index in [0.717, 1.165) is 24.6 Å². The lowest BCUT2D eigenvalue weighted by Gasteiger charge is -2.26. The third-order valence-corrected chi connectivity index (χ3v) is 3.42. The van der Waals surface area contributed by atoms with E-state index in [1.54, 1.807) is 12.1 Å². The lowest BCUT2D eigenvalue weighted by molar-refractivity contribution is 0.336. The van der Waals surface area contributed by atoms with Gasteiger partial charge < -0.3 is 5.32 Å². The van der Waals surface area contributed by atoms with Gasteiger partial charge >= 0.3 is 0 Å². The number of hydrogen-bond donors (Lipinski definition) is 1. The third kappa shape index (κ3) is 3.81. The first-order chi connectivity index (χ1) is 7.96. The number of hydrogen-bond acceptors (Lipinski definition) is 1. The molecule has 94 valence electrons. The molecule has 0 unspecified atom stereocenters. The van der Waals surface area contributed by atoms with Crippen LogP contribution in [-0.4, -0.2) is 12.6 Å². The lowest BCUT2D eigenvalue weighted by atomic mass is 9.84. The quantitative estimate of drug-likeness (QED) is 0.824. The highest BCUT2D eigenvalue weighted by molar-refractivity contribution is 5.27. The SMILES string of the molecule is Cc1cc(F)ccc1CC(C)(C)CNC1CC1. The number of nitrogens with one attached hydrogen (secondary N) is 1. The van der Waals surface area contributed by atoms with Crippen molar-refractivity contribution in [3.8, 4) is 0 Å². The van der Waals surface area contributed by atoms with E-state index < -0.39 is 0 Å². The summed E-state index contributed by atoms with van der Waals surface area (Å²) in [5.74, 6) is -0.139. The Hall–Kier alpha value is -0.890. The van der Waals surface area contributed by atoms with Crippen molar-refractivity contribution in [3.63, 3.8) is 0 Å². The fourth-order valence-electron chi connectivity index (χ4n) is 2.14. The molecule has 1 aliphatic rings. The van der Waals surface area contributed by atoms with Crippen LogP contribution in [-0.2, 0) is 6.42 Å². The zero-order chi connectivity index (χ0) is 12.5. The molecule has 1 aromatic carbocycles. The van der Waals surface area contributed by atoms with Crippen LogP contribution in [0.3, 0.4) is 0 Å². The van der Waals surface area contributed by atoms with E-state index in [0.29, 0.717) is 0 Å². The third-order valence-electron chi connectivity index (χ3n) is 3.42. The molecule has 0 saturated heterocycles. The van der Waals surface area contributed by atoms with Crippen molar-refractivity contribution in [1.29, 1.82) is 0 Å². The minimum atomic E-state index is -0.139. The lowest BCUT2D eigenvalue weighted by Crippen LogP contribution is -2.32. The smallest absolute Gasteiger partial charge is 0.123 e. The Labute approximate surface area is 103 Å². The normalized spacial score (nSPS) is 16.2. The molecule has 2 heteroatoms. The fraction of sp³-hybridized carbons (Fsp3) is 0.600. The summed E-state index contributed by atoms with van der Waals surface area (Å²) in [5, 5.41) is 3.57. The molecule has 0 atom stereocenters. The summed E-state index contributed by atoms with van der Waals surface area (Å²) in [6.45, 7) is 7.56. The van der Waals surface area contributed by atoms with E-state index in [9.17, 15) is 4.39 Å². The van der Waals surface area contributed by atoms with Crippen molar-refractivity contribution in [2.24, 2.45) is 5.41 Å². The van der Waals surface area contributed by atoms with E-state index in [1.807, 2.05) is 13.0 Å². The molecule has 1 nitrogen and oxygen atoms in total. The molecule has 2 rings (SSSR count). The Morgan fingerprint density at radius 2 is 2.06 bits per heavy atom. The predicted octanol–water partition coefficient (Wildman–Crippen LogP) is 3.45. The Morgan fingerprint density at radius 1 is 1.35 bits per heavy atom. The molecule has 1 saturated carbocycles. The number of aryl methyl sites for hydroxylation is 1. The standard InChI is InChI=1S/C15H22FN/c1-11-8-13(16)5-4-12(11)9-15(2,3)10-17-14-6-7-14/h4-5,8,14,17H,6-7,9-10H2,1-3H3. The maximum Gasteiger partial charge on any atom is 0.123 e. The molecular formula is C15H22FN. The predicted molar refractivity (Wildman–Crippen MR) is 69.6 cm³/mol. The highest BCUT2D eigenvalue weighted by Crippen LogP contribution is 2.26. The van der Waals surface area contributed by atoms with E-state index in [2.05, 4.69) is 19.2 Å². The van der Waals surface area contributed by atoms with Gasteiger partial charge in [0.2, 0.25) is 0 Å². The highest BCUT2D eigenvalue weighted by Gasteiger charge is 2.25. The second-order valence-corrected chi connectivity index (χ2v) is 6.07. The van der Waals surface area contributed by atoms with Gasteiger partial charge in [0.15, 0.2) is 0 Å². The summed E-state index contributed by atoms with van der Waals surface area (Å²) in [6, 6.07) is 5.86. The Bertz CT molecular complexity index is 394. The van der Waals surface area contributed by atoms with Crippen LogP contribution < -0.4 is 5.32 Å². The van der Waals surface area contributed by atoms with Gasteiger partial charge in [-0.15, -0.1) is 0 Å². The first kappa shape index (κ1) is 12.6. The molecule has 0 aliphatic heterocycles. The molecule has 0 radical (unpaired) electrons. The minimum Gasteiger partial charge on any atom is -0.313 e. The number of halogens is 1. The summed E-state index contributed by atoms with van der Waals surface area (Å²) in [7, 11) is 0. The van der Waals surface area contributed by atoms with Gasteiger partial charge in [-0.25, -0.2) is 4.39 Å². The van der Waals surface area contributed by atoms with Gasteiger partial charge in [0.05, 0.1) is 0 Å². The molecule has 0 spiro atoms. The molecule has 1 aliphatic carbocycles. The van der Waals surface area contributed by atoms with Crippen LogP contribution >= 0.6 is 0 Å². The average molecular weight is 235 g/mol. The van der Waals surface area contributed by atoms with Crippen LogP contribution in [0.1, 0.15) is 37.8 Å². The van der Waals surface area contributed by atoms with Crippen LogP contribution in [0.15, 0.2) is 18.2 Å². The van der Waals surface area contributed by atoms with Gasteiger partial charge in [0, 0.05) is 12.6 Å². The van der Waals surface area contributed by atoms with Crippen LogP contribution in [0.25, 0.3) is 0 Å². The Balaban J connectivity index is 1.97. The van der Waals surface area contributed by atoms with Crippen molar-refractivity contribution in [2.75, 3.05) is 6.54 Å². The summed E-state index contributed by atoms with van der Waals surface area (Å²) in [4.78, 5) is 0. The van der Waals surface area contributed by atoms with E-state index in [4.69, 9.17) is 0 Å². The molecule has 1 fully saturated rings. The highest BCUT2D eigenvalue weighted by atomic mass is 19.1. The van der Waals surface area contributed by atoms with Crippen molar-refractivity contribution in [1.82, 2.24) is 5.32 Å². The molecule has 1 aromatic rings. The number of benzene rings is 1. The molecule has 1 N–H and O–H groups in total. The van der Waals surface area contributed by atoms with Gasteiger partial charge in [0.25, 0.3) is 0 Å². The summed E-state index contributed by atoms with van der Waals surface area (Å²) in [6.07, 6.45) is 3.65. The van der Waals surface area contributed by atoms with Crippen molar-refractivity contribution >= 4 is 0 Å². The second kappa shape index (κ2) is 4.77. The van der Waals surface area contributed by atoms with Gasteiger partial charge in [-0.1, -0.05) is 19.9 Å². The molecule has 0 bridgehead atoms. The summed E-state index contributed by atoms with van der Waals surface area (Å²) in [5.41, 5.74) is 2.55. The van der Waals surface area contributed by atoms with Crippen molar-refractivity contribution in [3.05, 3.63) is 35.1 Å². The van der Waals surface area contributed by atoms with Crippen molar-refractivity contribution in [2.45, 2.75) is 46.1 Å². The summed E-state index contributed by atoms with van der Waals surface area (Å²) < 4.78 is 13.0. The van der Waals surface area contributed by atoms with Gasteiger partial charge in [-0.3, -0.25) is 0 Å². The monoisotopic (exact) mass is 235 g/mol. The first-order valence-corrected chi connectivity index (χ1v) is 6.45. The maximum atomic E-state index is 13.0. The number of rotatable bonds is 5. The van der Waals surface area contributed by atoms with Gasteiger partial charge in [-0.2, -0.15) is 0 Å². The molecule has 0 aromatic heterocycles. The van der Waals surface area contributed by atoms with Crippen LogP contribution in [0.2, 0.25) is 0 Å². The maximum absolute atomic E-state index is 13.0.